The first-order valence-electron chi connectivity index (χ1n) is 8.89. The van der Waals surface area contributed by atoms with Gasteiger partial charge in [0.1, 0.15) is 5.92 Å². The summed E-state index contributed by atoms with van der Waals surface area (Å²) in [4.78, 5) is 13.6. The van der Waals surface area contributed by atoms with E-state index in [1.807, 2.05) is 72.8 Å². The lowest BCUT2D eigenvalue weighted by Gasteiger charge is -2.14. The van der Waals surface area contributed by atoms with E-state index in [1.54, 1.807) is 0 Å². The molecule has 0 N–H and O–H groups in total. The fourth-order valence-corrected chi connectivity index (χ4v) is 3.70. The van der Waals surface area contributed by atoms with E-state index in [-0.39, 0.29) is 5.56 Å². The monoisotopic (exact) mass is 383 g/mol. The third kappa shape index (κ3) is 3.30. The number of hydrogen-bond donors (Lipinski definition) is 1. The number of thiol groups is 1. The van der Waals surface area contributed by atoms with E-state index in [9.17, 15) is 10.1 Å². The Hall–Kier alpha value is -3.36. The Labute approximate surface area is 168 Å². The summed E-state index contributed by atoms with van der Waals surface area (Å²) >= 11 is 4.42. The third-order valence-corrected chi connectivity index (χ3v) is 5.17. The number of nitrogens with zero attached hydrogens (tertiary/aromatic N) is 3. The maximum absolute atomic E-state index is 13.2. The predicted molar refractivity (Wildman–Crippen MR) is 113 cm³/mol. The zero-order chi connectivity index (χ0) is 19.5. The van der Waals surface area contributed by atoms with Crippen molar-refractivity contribution in [3.63, 3.8) is 0 Å². The molecule has 136 valence electrons. The molecule has 0 saturated carbocycles. The molecule has 1 aromatic heterocycles. The van der Waals surface area contributed by atoms with Crippen molar-refractivity contribution in [3.8, 4) is 6.07 Å². The largest absolute Gasteiger partial charge is 0.273 e. The topological polar surface area (TPSA) is 58.7 Å². The standard InChI is InChI=1S/C23H17N3OS/c24-13-20(17-7-2-1-3-8-17)22-21(28)14-25-26(23(22)27)15-18-11-6-10-16-9-4-5-12-19(16)18/h1-12,14,20,28H,15H2. The molecule has 0 amide bonds. The first kappa shape index (κ1) is 18.0. The average molecular weight is 383 g/mol. The lowest BCUT2D eigenvalue weighted by molar-refractivity contribution is 0.620. The zero-order valence-electron chi connectivity index (χ0n) is 15.0. The predicted octanol–water partition coefficient (Wildman–Crippen LogP) is 4.39. The fourth-order valence-electron chi connectivity index (χ4n) is 3.42. The Morgan fingerprint density at radius 2 is 1.71 bits per heavy atom. The molecule has 0 radical (unpaired) electrons. The molecule has 5 heteroatoms. The summed E-state index contributed by atoms with van der Waals surface area (Å²) in [5, 5.41) is 16.2. The van der Waals surface area contributed by atoms with E-state index in [0.29, 0.717) is 17.0 Å². The highest BCUT2D eigenvalue weighted by Gasteiger charge is 2.21. The summed E-state index contributed by atoms with van der Waals surface area (Å²) in [7, 11) is 0. The summed E-state index contributed by atoms with van der Waals surface area (Å²) < 4.78 is 1.41. The van der Waals surface area contributed by atoms with Gasteiger partial charge in [0.2, 0.25) is 0 Å². The molecular weight excluding hydrogens is 366 g/mol. The molecule has 28 heavy (non-hydrogen) atoms. The highest BCUT2D eigenvalue weighted by Crippen LogP contribution is 2.26. The maximum atomic E-state index is 13.2. The van der Waals surface area contributed by atoms with Crippen LogP contribution in [0.4, 0.5) is 0 Å². The molecule has 0 aliphatic carbocycles. The van der Waals surface area contributed by atoms with E-state index >= 15 is 0 Å². The van der Waals surface area contributed by atoms with E-state index < -0.39 is 5.92 Å². The van der Waals surface area contributed by atoms with E-state index in [2.05, 4.69) is 23.8 Å². The van der Waals surface area contributed by atoms with Crippen LogP contribution in [0, 0.1) is 11.3 Å². The normalized spacial score (nSPS) is 11.9. The average Bonchev–Trinajstić information content (AvgIpc) is 2.74. The number of rotatable bonds is 4. The molecule has 0 aliphatic heterocycles. The van der Waals surface area contributed by atoms with Crippen molar-refractivity contribution in [2.45, 2.75) is 17.4 Å². The second kappa shape index (κ2) is 7.71. The summed E-state index contributed by atoms with van der Waals surface area (Å²) in [5.74, 6) is -0.692. The van der Waals surface area contributed by atoms with Gasteiger partial charge in [-0.1, -0.05) is 72.8 Å². The van der Waals surface area contributed by atoms with Crippen molar-refractivity contribution in [3.05, 3.63) is 106 Å². The number of benzene rings is 3. The van der Waals surface area contributed by atoms with Gasteiger partial charge in [-0.25, -0.2) is 4.68 Å². The molecule has 0 saturated heterocycles. The van der Waals surface area contributed by atoms with Crippen LogP contribution in [-0.2, 0) is 6.54 Å². The van der Waals surface area contributed by atoms with Crippen molar-refractivity contribution in [2.75, 3.05) is 0 Å². The molecule has 4 nitrogen and oxygen atoms in total. The fraction of sp³-hybridized carbons (Fsp3) is 0.0870. The van der Waals surface area contributed by atoms with Crippen LogP contribution in [0.3, 0.4) is 0 Å². The van der Waals surface area contributed by atoms with Crippen LogP contribution < -0.4 is 5.56 Å². The van der Waals surface area contributed by atoms with Crippen LogP contribution in [0.15, 0.2) is 88.7 Å². The van der Waals surface area contributed by atoms with Gasteiger partial charge in [0.25, 0.3) is 5.56 Å². The quantitative estimate of drug-likeness (QED) is 0.532. The Bertz CT molecular complexity index is 1240. The number of fused-ring (bicyclic) bond motifs is 1. The van der Waals surface area contributed by atoms with E-state index in [1.165, 1.54) is 10.9 Å². The Morgan fingerprint density at radius 1 is 1.00 bits per heavy atom. The van der Waals surface area contributed by atoms with Crippen LogP contribution in [0.5, 0.6) is 0 Å². The highest BCUT2D eigenvalue weighted by molar-refractivity contribution is 7.80. The van der Waals surface area contributed by atoms with Crippen LogP contribution in [-0.4, -0.2) is 9.78 Å². The number of aromatic nitrogens is 2. The summed E-state index contributed by atoms with van der Waals surface area (Å²) in [6.45, 7) is 0.328. The summed E-state index contributed by atoms with van der Waals surface area (Å²) in [5.41, 5.74) is 1.82. The first-order chi connectivity index (χ1) is 13.7. The highest BCUT2D eigenvalue weighted by atomic mass is 32.1. The molecule has 4 rings (SSSR count). The molecule has 0 spiro atoms. The van der Waals surface area contributed by atoms with Gasteiger partial charge in [-0.3, -0.25) is 4.79 Å². The van der Waals surface area contributed by atoms with Crippen molar-refractivity contribution in [2.24, 2.45) is 0 Å². The lowest BCUT2D eigenvalue weighted by atomic mass is 9.94. The van der Waals surface area contributed by atoms with Gasteiger partial charge in [-0.05, 0) is 21.9 Å². The smallest absolute Gasteiger partial charge is 0.267 e. The van der Waals surface area contributed by atoms with Gasteiger partial charge in [-0.2, -0.15) is 10.4 Å². The maximum Gasteiger partial charge on any atom is 0.273 e. The Balaban J connectivity index is 1.81. The van der Waals surface area contributed by atoms with Gasteiger partial charge in [0.15, 0.2) is 0 Å². The first-order valence-corrected chi connectivity index (χ1v) is 9.34. The minimum atomic E-state index is -0.692. The van der Waals surface area contributed by atoms with Gasteiger partial charge < -0.3 is 0 Å². The van der Waals surface area contributed by atoms with Gasteiger partial charge in [0.05, 0.1) is 24.4 Å². The molecule has 1 heterocycles. The van der Waals surface area contributed by atoms with Crippen LogP contribution >= 0.6 is 12.6 Å². The molecule has 1 atom stereocenters. The van der Waals surface area contributed by atoms with Crippen LogP contribution in [0.1, 0.15) is 22.6 Å². The lowest BCUT2D eigenvalue weighted by Crippen LogP contribution is -2.28. The minimum Gasteiger partial charge on any atom is -0.267 e. The van der Waals surface area contributed by atoms with Crippen molar-refractivity contribution in [1.82, 2.24) is 9.78 Å². The summed E-state index contributed by atoms with van der Waals surface area (Å²) in [6, 6.07) is 25.6. The molecule has 1 unspecified atom stereocenters. The Morgan fingerprint density at radius 3 is 2.50 bits per heavy atom. The molecule has 0 fully saturated rings. The molecular formula is C23H17N3OS. The van der Waals surface area contributed by atoms with E-state index in [0.717, 1.165) is 21.9 Å². The molecule has 0 bridgehead atoms. The Kier molecular flexibility index (Phi) is 4.96. The second-order valence-corrected chi connectivity index (χ2v) is 7.00. The van der Waals surface area contributed by atoms with Crippen molar-refractivity contribution in [1.29, 1.82) is 5.26 Å². The van der Waals surface area contributed by atoms with Crippen LogP contribution in [0.2, 0.25) is 0 Å². The van der Waals surface area contributed by atoms with Crippen molar-refractivity contribution < 1.29 is 0 Å². The number of hydrogen-bond acceptors (Lipinski definition) is 4. The summed E-state index contributed by atoms with van der Waals surface area (Å²) in [6.07, 6.45) is 1.54. The minimum absolute atomic E-state index is 0.296. The van der Waals surface area contributed by atoms with Gasteiger partial charge in [-0.15, -0.1) is 12.6 Å². The van der Waals surface area contributed by atoms with Gasteiger partial charge >= 0.3 is 0 Å². The third-order valence-electron chi connectivity index (χ3n) is 4.81. The van der Waals surface area contributed by atoms with Crippen molar-refractivity contribution >= 4 is 23.4 Å². The SMILES string of the molecule is N#CC(c1ccccc1)c1c(S)cnn(Cc2cccc3ccccc23)c1=O. The number of nitriles is 1. The molecule has 4 aromatic rings. The van der Waals surface area contributed by atoms with Crippen LogP contribution in [0.25, 0.3) is 10.8 Å². The van der Waals surface area contributed by atoms with E-state index in [4.69, 9.17) is 0 Å². The second-order valence-electron chi connectivity index (χ2n) is 6.52. The molecule has 3 aromatic carbocycles. The van der Waals surface area contributed by atoms with Gasteiger partial charge in [0, 0.05) is 4.90 Å². The zero-order valence-corrected chi connectivity index (χ0v) is 15.9. The molecule has 0 aliphatic rings.